The van der Waals surface area contributed by atoms with E-state index in [0.717, 1.165) is 23.3 Å². The summed E-state index contributed by atoms with van der Waals surface area (Å²) in [5.74, 6) is 0.917. The number of para-hydroxylation sites is 1. The van der Waals surface area contributed by atoms with E-state index in [4.69, 9.17) is 4.74 Å². The van der Waals surface area contributed by atoms with E-state index in [-0.39, 0.29) is 12.1 Å². The van der Waals surface area contributed by atoms with Crippen molar-refractivity contribution in [1.29, 1.82) is 0 Å². The highest BCUT2D eigenvalue weighted by molar-refractivity contribution is 5.74. The largest absolute Gasteiger partial charge is 0.491 e. The Hall–Kier alpha value is -2.49. The number of nitrogens with one attached hydrogen (secondary N) is 2. The highest BCUT2D eigenvalue weighted by Gasteiger charge is 2.20. The summed E-state index contributed by atoms with van der Waals surface area (Å²) in [4.78, 5) is 12.0. The average molecular weight is 296 g/mol. The van der Waals surface area contributed by atoms with Crippen LogP contribution in [0.5, 0.6) is 5.75 Å². The molecule has 0 aromatic heterocycles. The van der Waals surface area contributed by atoms with Gasteiger partial charge in [-0.05, 0) is 30.5 Å². The van der Waals surface area contributed by atoms with Crippen LogP contribution in [-0.2, 0) is 13.0 Å². The molecule has 114 valence electrons. The van der Waals surface area contributed by atoms with Crippen LogP contribution in [0, 0.1) is 6.92 Å². The van der Waals surface area contributed by atoms with Crippen LogP contribution in [0.3, 0.4) is 0 Å². The molecule has 2 N–H and O–H groups in total. The zero-order valence-corrected chi connectivity index (χ0v) is 12.6. The highest BCUT2D eigenvalue weighted by Crippen LogP contribution is 2.23. The molecule has 4 nitrogen and oxygen atoms in total. The lowest BCUT2D eigenvalue weighted by Crippen LogP contribution is -2.47. The Bertz CT molecular complexity index is 652. The molecule has 0 saturated heterocycles. The Morgan fingerprint density at radius 1 is 1.18 bits per heavy atom. The molecule has 0 spiro atoms. The fourth-order valence-corrected chi connectivity index (χ4v) is 2.55. The molecular formula is C18H20N2O2. The lowest BCUT2D eigenvalue weighted by Gasteiger charge is -2.26. The Morgan fingerprint density at radius 2 is 1.95 bits per heavy atom. The molecule has 1 unspecified atom stereocenters. The van der Waals surface area contributed by atoms with Crippen LogP contribution in [-0.4, -0.2) is 18.7 Å². The summed E-state index contributed by atoms with van der Waals surface area (Å²) in [6, 6.07) is 15.9. The molecule has 1 aliphatic rings. The van der Waals surface area contributed by atoms with Gasteiger partial charge in [0.2, 0.25) is 0 Å². The van der Waals surface area contributed by atoms with Crippen LogP contribution in [0.25, 0.3) is 0 Å². The van der Waals surface area contributed by atoms with Gasteiger partial charge in [-0.1, -0.05) is 48.0 Å². The second-order valence-corrected chi connectivity index (χ2v) is 5.63. The average Bonchev–Trinajstić information content (AvgIpc) is 2.54. The van der Waals surface area contributed by atoms with Crippen LogP contribution < -0.4 is 15.4 Å². The first-order chi connectivity index (χ1) is 10.7. The molecule has 2 aromatic rings. The van der Waals surface area contributed by atoms with E-state index in [1.165, 1.54) is 5.56 Å². The van der Waals surface area contributed by atoms with E-state index < -0.39 is 0 Å². The van der Waals surface area contributed by atoms with Crippen molar-refractivity contribution in [1.82, 2.24) is 10.6 Å². The van der Waals surface area contributed by atoms with Crippen molar-refractivity contribution in [3.63, 3.8) is 0 Å². The fourth-order valence-electron chi connectivity index (χ4n) is 2.55. The van der Waals surface area contributed by atoms with Crippen LogP contribution >= 0.6 is 0 Å². The van der Waals surface area contributed by atoms with E-state index in [1.54, 1.807) is 0 Å². The minimum absolute atomic E-state index is 0.00733. The molecular weight excluding hydrogens is 276 g/mol. The van der Waals surface area contributed by atoms with Crippen molar-refractivity contribution in [2.24, 2.45) is 0 Å². The predicted molar refractivity (Wildman–Crippen MR) is 86.0 cm³/mol. The summed E-state index contributed by atoms with van der Waals surface area (Å²) in [6.45, 7) is 3.08. The number of aryl methyl sites for hydroxylation is 1. The summed E-state index contributed by atoms with van der Waals surface area (Å²) in [7, 11) is 0. The summed E-state index contributed by atoms with van der Waals surface area (Å²) in [5, 5.41) is 5.85. The number of urea groups is 1. The van der Waals surface area contributed by atoms with Gasteiger partial charge in [-0.2, -0.15) is 0 Å². The number of carbonyl (C=O) groups is 1. The van der Waals surface area contributed by atoms with Crippen LogP contribution in [0.15, 0.2) is 48.5 Å². The molecule has 0 fully saturated rings. The number of benzene rings is 2. The zero-order chi connectivity index (χ0) is 15.4. The summed E-state index contributed by atoms with van der Waals surface area (Å²) < 4.78 is 5.67. The molecule has 3 rings (SSSR count). The van der Waals surface area contributed by atoms with Gasteiger partial charge >= 0.3 is 6.03 Å². The molecule has 1 heterocycles. The Morgan fingerprint density at radius 3 is 2.77 bits per heavy atom. The van der Waals surface area contributed by atoms with Crippen molar-refractivity contribution < 1.29 is 9.53 Å². The van der Waals surface area contributed by atoms with E-state index in [2.05, 4.69) is 10.6 Å². The number of carbonyl (C=O) groups excluding carboxylic acids is 1. The number of rotatable bonds is 3. The Labute approximate surface area is 130 Å². The van der Waals surface area contributed by atoms with E-state index in [1.807, 2.05) is 55.5 Å². The van der Waals surface area contributed by atoms with Gasteiger partial charge in [0.1, 0.15) is 12.4 Å². The third kappa shape index (κ3) is 3.58. The molecule has 1 aliphatic heterocycles. The van der Waals surface area contributed by atoms with E-state index in [9.17, 15) is 4.79 Å². The van der Waals surface area contributed by atoms with Crippen molar-refractivity contribution in [2.75, 3.05) is 6.61 Å². The summed E-state index contributed by atoms with van der Waals surface area (Å²) >= 11 is 0. The molecule has 0 saturated carbocycles. The molecule has 0 radical (unpaired) electrons. The predicted octanol–water partition coefficient (Wildman–Crippen LogP) is 2.80. The number of ether oxygens (including phenoxy) is 1. The first-order valence-corrected chi connectivity index (χ1v) is 7.51. The van der Waals surface area contributed by atoms with Crippen LogP contribution in [0.4, 0.5) is 4.79 Å². The topological polar surface area (TPSA) is 50.4 Å². The van der Waals surface area contributed by atoms with Gasteiger partial charge in [0, 0.05) is 6.54 Å². The molecule has 4 heteroatoms. The maximum atomic E-state index is 12.0. The van der Waals surface area contributed by atoms with Gasteiger partial charge in [0.15, 0.2) is 0 Å². The minimum Gasteiger partial charge on any atom is -0.491 e. The molecule has 22 heavy (non-hydrogen) atoms. The first kappa shape index (κ1) is 14.4. The molecule has 2 amide bonds. The van der Waals surface area contributed by atoms with Gasteiger partial charge in [-0.3, -0.25) is 0 Å². The maximum Gasteiger partial charge on any atom is 0.315 e. The standard InChI is InChI=1S/C18H20N2O2/c1-13-6-8-14(9-7-13)11-19-18(21)20-16-10-15-4-2-3-5-17(15)22-12-16/h2-9,16H,10-12H2,1H3,(H2,19,20,21). The highest BCUT2D eigenvalue weighted by atomic mass is 16.5. The number of fused-ring (bicyclic) bond motifs is 1. The third-order valence-electron chi connectivity index (χ3n) is 3.79. The maximum absolute atomic E-state index is 12.0. The molecule has 0 bridgehead atoms. The zero-order valence-electron chi connectivity index (χ0n) is 12.6. The lowest BCUT2D eigenvalue weighted by molar-refractivity contribution is 0.214. The molecule has 0 aliphatic carbocycles. The molecule has 1 atom stereocenters. The minimum atomic E-state index is -0.159. The van der Waals surface area contributed by atoms with Crippen molar-refractivity contribution >= 4 is 6.03 Å². The van der Waals surface area contributed by atoms with Gasteiger partial charge in [-0.25, -0.2) is 4.79 Å². The quantitative estimate of drug-likeness (QED) is 0.915. The lowest BCUT2D eigenvalue weighted by atomic mass is 10.0. The van der Waals surface area contributed by atoms with Gasteiger partial charge < -0.3 is 15.4 Å². The van der Waals surface area contributed by atoms with Gasteiger partial charge in [0.05, 0.1) is 6.04 Å². The van der Waals surface area contributed by atoms with Gasteiger partial charge in [-0.15, -0.1) is 0 Å². The number of hydrogen-bond donors (Lipinski definition) is 2. The Balaban J connectivity index is 1.49. The normalized spacial score (nSPS) is 16.3. The van der Waals surface area contributed by atoms with Crippen LogP contribution in [0.2, 0.25) is 0 Å². The third-order valence-corrected chi connectivity index (χ3v) is 3.79. The van der Waals surface area contributed by atoms with Crippen LogP contribution in [0.1, 0.15) is 16.7 Å². The summed E-state index contributed by atoms with van der Waals surface area (Å²) in [6.07, 6.45) is 0.800. The second kappa shape index (κ2) is 6.52. The first-order valence-electron chi connectivity index (χ1n) is 7.51. The monoisotopic (exact) mass is 296 g/mol. The van der Waals surface area contributed by atoms with E-state index in [0.29, 0.717) is 13.2 Å². The SMILES string of the molecule is Cc1ccc(CNC(=O)NC2COc3ccccc3C2)cc1. The van der Waals surface area contributed by atoms with Crippen molar-refractivity contribution in [3.8, 4) is 5.75 Å². The Kier molecular flexibility index (Phi) is 4.28. The van der Waals surface area contributed by atoms with E-state index >= 15 is 0 Å². The molecule has 2 aromatic carbocycles. The van der Waals surface area contributed by atoms with Crippen molar-refractivity contribution in [3.05, 3.63) is 65.2 Å². The summed E-state index contributed by atoms with van der Waals surface area (Å²) in [5.41, 5.74) is 3.44. The fraction of sp³-hybridized carbons (Fsp3) is 0.278. The van der Waals surface area contributed by atoms with Gasteiger partial charge in [0.25, 0.3) is 0 Å². The number of amides is 2. The number of hydrogen-bond acceptors (Lipinski definition) is 2. The second-order valence-electron chi connectivity index (χ2n) is 5.63. The van der Waals surface area contributed by atoms with Crippen molar-refractivity contribution in [2.45, 2.75) is 25.9 Å². The smallest absolute Gasteiger partial charge is 0.315 e.